The van der Waals surface area contributed by atoms with Crippen LogP contribution in [0.5, 0.6) is 0 Å². The number of carbonyl (C=O) groups is 4. The number of likely N-dealkylation sites (tertiary alicyclic amines) is 1. The number of carboxylic acid groups (broad SMARTS) is 1. The van der Waals surface area contributed by atoms with E-state index in [-0.39, 0.29) is 18.9 Å². The molecule has 11 nitrogen and oxygen atoms in total. The second-order valence-corrected chi connectivity index (χ2v) is 7.55. The molecular weight excluding hydrogens is 392 g/mol. The number of aromatic nitrogens is 2. The van der Waals surface area contributed by atoms with Gasteiger partial charge in [0.1, 0.15) is 12.1 Å². The molecule has 2 rings (SSSR count). The lowest BCUT2D eigenvalue weighted by molar-refractivity contribution is -0.148. The van der Waals surface area contributed by atoms with Gasteiger partial charge in [-0.1, -0.05) is 20.3 Å². The summed E-state index contributed by atoms with van der Waals surface area (Å²) >= 11 is 0. The lowest BCUT2D eigenvalue weighted by atomic mass is 9.99. The lowest BCUT2D eigenvalue weighted by Crippen LogP contribution is -2.55. The minimum absolute atomic E-state index is 0.0643. The van der Waals surface area contributed by atoms with Gasteiger partial charge < -0.3 is 31.4 Å². The number of rotatable bonds is 10. The van der Waals surface area contributed by atoms with Gasteiger partial charge in [0.25, 0.3) is 0 Å². The van der Waals surface area contributed by atoms with Gasteiger partial charge in [-0.2, -0.15) is 0 Å². The fourth-order valence-electron chi connectivity index (χ4n) is 3.32. The Morgan fingerprint density at radius 2 is 2.10 bits per heavy atom. The third kappa shape index (κ3) is 6.02. The van der Waals surface area contributed by atoms with Crippen LogP contribution >= 0.6 is 0 Å². The maximum Gasteiger partial charge on any atom is 0.326 e. The number of aromatic amines is 1. The molecule has 1 aliphatic heterocycles. The van der Waals surface area contributed by atoms with Crippen molar-refractivity contribution in [1.29, 1.82) is 0 Å². The number of nitrogens with two attached hydrogens (primary N) is 1. The standard InChI is InChI=1S/C19H30N6O5/c1-3-11(2)16(20)18(28)24-13(7-12-8-21-10-23-12)17(27)22-9-15(26)25-6-4-5-14(25)19(29)30/h8,10-11,13-14,16H,3-7,9,20H2,1-2H3,(H,21,23)(H,22,27)(H,24,28)(H,29,30). The van der Waals surface area contributed by atoms with Gasteiger partial charge in [0, 0.05) is 24.9 Å². The molecule has 2 heterocycles. The van der Waals surface area contributed by atoms with E-state index in [0.717, 1.165) is 0 Å². The van der Waals surface area contributed by atoms with Crippen LogP contribution in [0.25, 0.3) is 0 Å². The molecule has 0 aromatic carbocycles. The summed E-state index contributed by atoms with van der Waals surface area (Å²) in [6.45, 7) is 3.75. The molecule has 0 radical (unpaired) electrons. The molecule has 1 fully saturated rings. The second kappa shape index (κ2) is 10.7. The van der Waals surface area contributed by atoms with Crippen LogP contribution in [0.2, 0.25) is 0 Å². The molecule has 6 N–H and O–H groups in total. The van der Waals surface area contributed by atoms with Gasteiger partial charge in [-0.05, 0) is 18.8 Å². The molecule has 0 saturated carbocycles. The molecule has 11 heteroatoms. The molecule has 0 bridgehead atoms. The first-order valence-electron chi connectivity index (χ1n) is 10.1. The predicted octanol–water partition coefficient (Wildman–Crippen LogP) is -0.998. The van der Waals surface area contributed by atoms with Gasteiger partial charge >= 0.3 is 5.97 Å². The molecule has 30 heavy (non-hydrogen) atoms. The number of carbonyl (C=O) groups excluding carboxylic acids is 3. The Labute approximate surface area is 174 Å². The predicted molar refractivity (Wildman–Crippen MR) is 107 cm³/mol. The van der Waals surface area contributed by atoms with Crippen LogP contribution in [0, 0.1) is 5.92 Å². The first-order chi connectivity index (χ1) is 14.2. The number of nitrogens with one attached hydrogen (secondary N) is 3. The van der Waals surface area contributed by atoms with E-state index in [1.54, 1.807) is 0 Å². The molecule has 0 spiro atoms. The quantitative estimate of drug-likeness (QED) is 0.322. The number of imidazole rings is 1. The van der Waals surface area contributed by atoms with E-state index in [1.165, 1.54) is 17.4 Å². The topological polar surface area (TPSA) is 171 Å². The van der Waals surface area contributed by atoms with Crippen molar-refractivity contribution in [2.75, 3.05) is 13.1 Å². The summed E-state index contributed by atoms with van der Waals surface area (Å²) in [5.74, 6) is -2.62. The molecule has 166 valence electrons. The summed E-state index contributed by atoms with van der Waals surface area (Å²) in [5, 5.41) is 14.4. The van der Waals surface area contributed by atoms with Gasteiger partial charge in [0.2, 0.25) is 17.7 Å². The van der Waals surface area contributed by atoms with E-state index in [1.807, 2.05) is 13.8 Å². The highest BCUT2D eigenvalue weighted by Gasteiger charge is 2.34. The Kier molecular flexibility index (Phi) is 8.34. The summed E-state index contributed by atoms with van der Waals surface area (Å²) < 4.78 is 0. The smallest absolute Gasteiger partial charge is 0.326 e. The van der Waals surface area contributed by atoms with Gasteiger partial charge in [-0.3, -0.25) is 14.4 Å². The Hall–Kier alpha value is -2.95. The fraction of sp³-hybridized carbons (Fsp3) is 0.632. The van der Waals surface area contributed by atoms with Crippen molar-refractivity contribution in [3.8, 4) is 0 Å². The van der Waals surface area contributed by atoms with Crippen molar-refractivity contribution in [2.24, 2.45) is 11.7 Å². The highest BCUT2D eigenvalue weighted by atomic mass is 16.4. The van der Waals surface area contributed by atoms with Crippen LogP contribution in [0.3, 0.4) is 0 Å². The van der Waals surface area contributed by atoms with Crippen LogP contribution in [0.4, 0.5) is 0 Å². The minimum atomic E-state index is -1.06. The van der Waals surface area contributed by atoms with E-state index in [2.05, 4.69) is 20.6 Å². The van der Waals surface area contributed by atoms with E-state index in [9.17, 15) is 24.3 Å². The van der Waals surface area contributed by atoms with Gasteiger partial charge in [-0.15, -0.1) is 0 Å². The molecule has 1 saturated heterocycles. The van der Waals surface area contributed by atoms with Crippen LogP contribution in [0.1, 0.15) is 38.8 Å². The Bertz CT molecular complexity index is 753. The van der Waals surface area contributed by atoms with Gasteiger partial charge in [0.15, 0.2) is 0 Å². The molecule has 4 unspecified atom stereocenters. The molecule has 4 atom stereocenters. The van der Waals surface area contributed by atoms with Crippen molar-refractivity contribution < 1.29 is 24.3 Å². The number of nitrogens with zero attached hydrogens (tertiary/aromatic N) is 2. The SMILES string of the molecule is CCC(C)C(N)C(=O)NC(Cc1cnc[nH]1)C(=O)NCC(=O)N1CCCC1C(=O)O. The molecular formula is C19H30N6O5. The molecule has 3 amide bonds. The number of hydrogen-bond donors (Lipinski definition) is 5. The zero-order valence-electron chi connectivity index (χ0n) is 17.3. The van der Waals surface area contributed by atoms with E-state index in [0.29, 0.717) is 31.5 Å². The first-order valence-corrected chi connectivity index (χ1v) is 10.1. The summed E-state index contributed by atoms with van der Waals surface area (Å²) in [7, 11) is 0. The molecule has 1 aromatic heterocycles. The first kappa shape index (κ1) is 23.3. The molecule has 1 aliphatic rings. The van der Waals surface area contributed by atoms with Crippen molar-refractivity contribution in [3.63, 3.8) is 0 Å². The fourth-order valence-corrected chi connectivity index (χ4v) is 3.32. The highest BCUT2D eigenvalue weighted by Crippen LogP contribution is 2.17. The van der Waals surface area contributed by atoms with E-state index >= 15 is 0 Å². The number of H-pyrrole nitrogens is 1. The van der Waals surface area contributed by atoms with Gasteiger partial charge in [0.05, 0.1) is 18.9 Å². The normalized spacial score (nSPS) is 19.0. The average Bonchev–Trinajstić information content (AvgIpc) is 3.41. The Morgan fingerprint density at radius 3 is 2.70 bits per heavy atom. The van der Waals surface area contributed by atoms with Crippen molar-refractivity contribution in [2.45, 2.75) is 57.7 Å². The monoisotopic (exact) mass is 422 g/mol. The van der Waals surface area contributed by atoms with Crippen LogP contribution in [-0.4, -0.2) is 74.9 Å². The maximum atomic E-state index is 12.7. The Balaban J connectivity index is 2.00. The molecule has 1 aromatic rings. The minimum Gasteiger partial charge on any atom is -0.480 e. The van der Waals surface area contributed by atoms with Gasteiger partial charge in [-0.25, -0.2) is 9.78 Å². The van der Waals surface area contributed by atoms with E-state index in [4.69, 9.17) is 5.73 Å². The van der Waals surface area contributed by atoms with Crippen molar-refractivity contribution in [3.05, 3.63) is 18.2 Å². The maximum absolute atomic E-state index is 12.7. The van der Waals surface area contributed by atoms with Crippen molar-refractivity contribution in [1.82, 2.24) is 25.5 Å². The van der Waals surface area contributed by atoms with E-state index < -0.39 is 41.8 Å². The highest BCUT2D eigenvalue weighted by molar-refractivity contribution is 5.93. The van der Waals surface area contributed by atoms with Crippen LogP contribution in [0.15, 0.2) is 12.5 Å². The van der Waals surface area contributed by atoms with Crippen LogP contribution < -0.4 is 16.4 Å². The largest absolute Gasteiger partial charge is 0.480 e. The number of hydrogen-bond acceptors (Lipinski definition) is 6. The zero-order valence-corrected chi connectivity index (χ0v) is 17.3. The summed E-state index contributed by atoms with van der Waals surface area (Å²) in [4.78, 5) is 56.9. The van der Waals surface area contributed by atoms with Crippen LogP contribution in [-0.2, 0) is 25.6 Å². The number of aliphatic carboxylic acids is 1. The summed E-state index contributed by atoms with van der Waals surface area (Å²) in [5.41, 5.74) is 6.59. The lowest BCUT2D eigenvalue weighted by Gasteiger charge is -2.24. The van der Waals surface area contributed by atoms with Crippen molar-refractivity contribution >= 4 is 23.7 Å². The second-order valence-electron chi connectivity index (χ2n) is 7.55. The average molecular weight is 422 g/mol. The number of amides is 3. The number of carboxylic acids is 1. The summed E-state index contributed by atoms with van der Waals surface area (Å²) in [6, 6.07) is -2.60. The Morgan fingerprint density at radius 1 is 1.37 bits per heavy atom. The third-order valence-corrected chi connectivity index (χ3v) is 5.44. The molecule has 0 aliphatic carbocycles. The third-order valence-electron chi connectivity index (χ3n) is 5.44. The zero-order chi connectivity index (χ0) is 22.3. The summed E-state index contributed by atoms with van der Waals surface area (Å²) in [6.07, 6.45) is 4.83.